The van der Waals surface area contributed by atoms with E-state index in [1.165, 1.54) is 7.11 Å². The summed E-state index contributed by atoms with van der Waals surface area (Å²) in [5, 5.41) is -0.774. The molecule has 1 aliphatic heterocycles. The second kappa shape index (κ2) is 8.03. The maximum atomic E-state index is 13.7. The van der Waals surface area contributed by atoms with Crippen molar-refractivity contribution in [2.24, 2.45) is 16.3 Å². The van der Waals surface area contributed by atoms with E-state index in [1.807, 2.05) is 0 Å². The Hall–Kier alpha value is -1.16. The zero-order chi connectivity index (χ0) is 19.6. The zero-order valence-corrected chi connectivity index (χ0v) is 15.6. The lowest BCUT2D eigenvalue weighted by molar-refractivity contribution is -0.0597. The molecule has 10 heteroatoms. The number of aliphatic imine (C=N–C) groups is 1. The van der Waals surface area contributed by atoms with E-state index in [1.54, 1.807) is 13.8 Å². The van der Waals surface area contributed by atoms with Crippen LogP contribution in [0, 0.1) is 11.3 Å². The molecule has 0 spiro atoms. The van der Waals surface area contributed by atoms with Crippen molar-refractivity contribution in [1.82, 2.24) is 0 Å². The predicted octanol–water partition coefficient (Wildman–Crippen LogP) is 4.54. The molecule has 142 valence electrons. The van der Waals surface area contributed by atoms with Crippen LogP contribution in [-0.2, 0) is 9.47 Å². The first-order valence-electron chi connectivity index (χ1n) is 7.23. The fourth-order valence-electron chi connectivity index (χ4n) is 2.82. The van der Waals surface area contributed by atoms with E-state index in [2.05, 4.69) is 4.99 Å². The quantitative estimate of drug-likeness (QED) is 0.498. The molecule has 3 nitrogen and oxygen atoms in total. The van der Waals surface area contributed by atoms with Crippen LogP contribution in [0.5, 0.6) is 0 Å². The van der Waals surface area contributed by atoms with Gasteiger partial charge in [-0.3, -0.25) is 4.99 Å². The van der Waals surface area contributed by atoms with Gasteiger partial charge in [0.25, 0.3) is 6.43 Å². The minimum absolute atomic E-state index is 0.0130. The Morgan fingerprint density at radius 3 is 2.16 bits per heavy atom. The van der Waals surface area contributed by atoms with Crippen LogP contribution in [-0.4, -0.2) is 48.7 Å². The fourth-order valence-corrected chi connectivity index (χ4v) is 3.23. The molecule has 0 aromatic carbocycles. The van der Waals surface area contributed by atoms with Crippen molar-refractivity contribution in [3.8, 4) is 0 Å². The number of dihydropyridines is 1. The standard InChI is InChI=1S/C15H18F5NO2S2/c1-7(2)5-14(13(25)23-4)6-8(12(24)22-3)9(15(18,19)20)21-10(14)11(16)17/h6-7,10-11H,5H2,1-4H3. The number of rotatable bonds is 5. The predicted molar refractivity (Wildman–Crippen MR) is 92.5 cm³/mol. The molecule has 0 aromatic heterocycles. The van der Waals surface area contributed by atoms with Gasteiger partial charge in [-0.1, -0.05) is 19.9 Å². The Labute approximate surface area is 153 Å². The molecule has 0 radical (unpaired) electrons. The van der Waals surface area contributed by atoms with Crippen LogP contribution in [0.4, 0.5) is 22.0 Å². The van der Waals surface area contributed by atoms with Gasteiger partial charge in [0.2, 0.25) is 0 Å². The third-order valence-electron chi connectivity index (χ3n) is 3.68. The summed E-state index contributed by atoms with van der Waals surface area (Å²) in [4.78, 5) is 3.32. The highest BCUT2D eigenvalue weighted by Crippen LogP contribution is 2.44. The van der Waals surface area contributed by atoms with E-state index < -0.39 is 40.4 Å². The van der Waals surface area contributed by atoms with Gasteiger partial charge in [0.1, 0.15) is 6.04 Å². The number of alkyl halides is 5. The van der Waals surface area contributed by atoms with Gasteiger partial charge in [0.15, 0.2) is 15.8 Å². The van der Waals surface area contributed by atoms with Gasteiger partial charge in [-0.25, -0.2) is 8.78 Å². The molecule has 1 aliphatic rings. The van der Waals surface area contributed by atoms with Gasteiger partial charge in [-0.15, -0.1) is 0 Å². The smallest absolute Gasteiger partial charge is 0.433 e. The minimum Gasteiger partial charge on any atom is -0.489 e. The number of halogens is 5. The number of hydrogen-bond donors (Lipinski definition) is 0. The third-order valence-corrected chi connectivity index (χ3v) is 4.61. The summed E-state index contributed by atoms with van der Waals surface area (Å²) in [6.45, 7) is 3.46. The van der Waals surface area contributed by atoms with Gasteiger partial charge < -0.3 is 9.47 Å². The molecule has 2 unspecified atom stereocenters. The Kier molecular flexibility index (Phi) is 7.03. The van der Waals surface area contributed by atoms with E-state index in [0.29, 0.717) is 0 Å². The largest absolute Gasteiger partial charge is 0.489 e. The highest BCUT2D eigenvalue weighted by atomic mass is 32.1. The van der Waals surface area contributed by atoms with Crippen molar-refractivity contribution in [1.29, 1.82) is 0 Å². The van der Waals surface area contributed by atoms with E-state index in [4.69, 9.17) is 33.9 Å². The van der Waals surface area contributed by atoms with Crippen LogP contribution in [0.1, 0.15) is 20.3 Å². The molecule has 2 atom stereocenters. The summed E-state index contributed by atoms with van der Waals surface area (Å²) in [6, 6.07) is -2.04. The maximum absolute atomic E-state index is 13.7. The van der Waals surface area contributed by atoms with Gasteiger partial charge in [-0.05, 0) is 36.8 Å². The van der Waals surface area contributed by atoms with E-state index >= 15 is 0 Å². The second-order valence-corrected chi connectivity index (χ2v) is 6.68. The minimum atomic E-state index is -4.97. The third kappa shape index (κ3) is 4.52. The second-order valence-electron chi connectivity index (χ2n) is 5.93. The zero-order valence-electron chi connectivity index (χ0n) is 14.0. The first-order chi connectivity index (χ1) is 11.4. The molecule has 0 amide bonds. The molecule has 0 fully saturated rings. The highest BCUT2D eigenvalue weighted by molar-refractivity contribution is 7.80. The lowest BCUT2D eigenvalue weighted by Crippen LogP contribution is -2.50. The average molecular weight is 403 g/mol. The number of nitrogens with zero attached hydrogens (tertiary/aromatic N) is 1. The van der Waals surface area contributed by atoms with Crippen molar-refractivity contribution < 1.29 is 31.4 Å². The summed E-state index contributed by atoms with van der Waals surface area (Å²) < 4.78 is 77.0. The van der Waals surface area contributed by atoms with Crippen LogP contribution in [0.3, 0.4) is 0 Å². The lowest BCUT2D eigenvalue weighted by Gasteiger charge is -2.40. The summed E-state index contributed by atoms with van der Waals surface area (Å²) in [5.41, 5.74) is -3.79. The molecule has 0 saturated carbocycles. The fraction of sp³-hybridized carbons (Fsp3) is 0.667. The van der Waals surface area contributed by atoms with Crippen molar-refractivity contribution >= 4 is 40.2 Å². The van der Waals surface area contributed by atoms with Gasteiger partial charge in [-0.2, -0.15) is 13.2 Å². The topological polar surface area (TPSA) is 30.8 Å². The molecular weight excluding hydrogens is 385 g/mol. The molecule has 0 aromatic rings. The van der Waals surface area contributed by atoms with Crippen molar-refractivity contribution in [3.63, 3.8) is 0 Å². The van der Waals surface area contributed by atoms with Crippen LogP contribution >= 0.6 is 24.4 Å². The highest BCUT2D eigenvalue weighted by Gasteiger charge is 2.54. The van der Waals surface area contributed by atoms with Gasteiger partial charge >= 0.3 is 6.18 Å². The molecule has 1 rings (SSSR count). The lowest BCUT2D eigenvalue weighted by atomic mass is 9.71. The molecular formula is C15H18F5NO2S2. The Morgan fingerprint density at radius 1 is 1.24 bits per heavy atom. The summed E-state index contributed by atoms with van der Waals surface area (Å²) in [5.74, 6) is -0.175. The first kappa shape index (κ1) is 21.9. The van der Waals surface area contributed by atoms with Gasteiger partial charge in [0, 0.05) is 0 Å². The van der Waals surface area contributed by atoms with Crippen LogP contribution in [0.15, 0.2) is 16.6 Å². The number of ether oxygens (including phenoxy) is 2. The first-order valence-corrected chi connectivity index (χ1v) is 8.05. The molecule has 1 heterocycles. The Bertz CT molecular complexity index is 601. The van der Waals surface area contributed by atoms with Crippen molar-refractivity contribution in [2.45, 2.75) is 38.9 Å². The van der Waals surface area contributed by atoms with Crippen molar-refractivity contribution in [2.75, 3.05) is 14.2 Å². The van der Waals surface area contributed by atoms with E-state index in [0.717, 1.165) is 13.2 Å². The van der Waals surface area contributed by atoms with Crippen LogP contribution < -0.4 is 0 Å². The normalized spacial score (nSPS) is 24.0. The molecule has 0 aliphatic carbocycles. The number of methoxy groups -OCH3 is 2. The molecule has 0 bridgehead atoms. The van der Waals surface area contributed by atoms with E-state index in [9.17, 15) is 22.0 Å². The summed E-state index contributed by atoms with van der Waals surface area (Å²) >= 11 is 9.90. The maximum Gasteiger partial charge on any atom is 0.433 e. The van der Waals surface area contributed by atoms with Crippen molar-refractivity contribution in [3.05, 3.63) is 11.6 Å². The number of hydrogen-bond acceptors (Lipinski definition) is 5. The van der Waals surface area contributed by atoms with E-state index in [-0.39, 0.29) is 17.4 Å². The summed E-state index contributed by atoms with van der Waals surface area (Å²) in [7, 11) is 2.27. The number of thiocarbonyl (C=S) groups is 2. The molecule has 25 heavy (non-hydrogen) atoms. The van der Waals surface area contributed by atoms with Crippen LogP contribution in [0.2, 0.25) is 0 Å². The van der Waals surface area contributed by atoms with Crippen LogP contribution in [0.25, 0.3) is 0 Å². The molecule has 0 saturated heterocycles. The van der Waals surface area contributed by atoms with Gasteiger partial charge in [0.05, 0.1) is 25.2 Å². The summed E-state index contributed by atoms with van der Waals surface area (Å²) in [6.07, 6.45) is -7.16. The Morgan fingerprint density at radius 2 is 1.80 bits per heavy atom. The Balaban J connectivity index is 3.74. The average Bonchev–Trinajstić information content (AvgIpc) is 2.50. The SMILES string of the molecule is COC(=S)C1=CC(CC(C)C)(C(=S)OC)C(C(F)F)N=C1C(F)(F)F. The monoisotopic (exact) mass is 403 g/mol. The molecule has 0 N–H and O–H groups in total.